The van der Waals surface area contributed by atoms with Gasteiger partial charge in [0.15, 0.2) is 6.61 Å². The number of nitrogens with one attached hydrogen (secondary N) is 2. The number of benzene rings is 1. The third kappa shape index (κ3) is 5.30. The summed E-state index contributed by atoms with van der Waals surface area (Å²) >= 11 is 0. The van der Waals surface area contributed by atoms with Gasteiger partial charge in [-0.3, -0.25) is 14.9 Å². The fourth-order valence-corrected chi connectivity index (χ4v) is 2.37. The second-order valence-corrected chi connectivity index (χ2v) is 5.95. The van der Waals surface area contributed by atoms with E-state index in [4.69, 9.17) is 4.74 Å². The van der Waals surface area contributed by atoms with Crippen LogP contribution in [0.1, 0.15) is 37.0 Å². The number of ether oxygens (including phenoxy) is 1. The van der Waals surface area contributed by atoms with Crippen LogP contribution in [-0.2, 0) is 14.3 Å². The molecule has 0 radical (unpaired) electrons. The minimum atomic E-state index is -0.717. The van der Waals surface area contributed by atoms with Crippen LogP contribution in [0.2, 0.25) is 0 Å². The Labute approximate surface area is 145 Å². The van der Waals surface area contributed by atoms with E-state index < -0.39 is 24.5 Å². The van der Waals surface area contributed by atoms with Gasteiger partial charge in [-0.15, -0.1) is 0 Å². The maximum atomic E-state index is 11.9. The molecule has 8 nitrogen and oxygen atoms in total. The zero-order valence-corrected chi connectivity index (χ0v) is 14.2. The maximum absolute atomic E-state index is 11.9. The van der Waals surface area contributed by atoms with Crippen molar-refractivity contribution in [1.29, 1.82) is 0 Å². The van der Waals surface area contributed by atoms with Gasteiger partial charge in [-0.25, -0.2) is 9.59 Å². The first-order valence-corrected chi connectivity index (χ1v) is 8.04. The van der Waals surface area contributed by atoms with Crippen molar-refractivity contribution < 1.29 is 23.9 Å². The first-order valence-electron chi connectivity index (χ1n) is 8.04. The number of hydrogen-bond acceptors (Lipinski definition) is 5. The molecule has 1 saturated heterocycles. The number of anilines is 1. The predicted octanol–water partition coefficient (Wildman–Crippen LogP) is 1.20. The van der Waals surface area contributed by atoms with Crippen LogP contribution in [0.25, 0.3) is 0 Å². The highest BCUT2D eigenvalue weighted by atomic mass is 16.5. The number of esters is 1. The summed E-state index contributed by atoms with van der Waals surface area (Å²) in [5.41, 5.74) is 0.983. The highest BCUT2D eigenvalue weighted by molar-refractivity contribution is 5.98. The fourth-order valence-electron chi connectivity index (χ4n) is 2.37. The Morgan fingerprint density at radius 1 is 1.20 bits per heavy atom. The molecule has 0 unspecified atom stereocenters. The SMILES string of the molecule is CC(C)NC(=O)NC(=O)COC(=O)c1ccc(N2CCCC2=O)cc1. The van der Waals surface area contributed by atoms with Crippen LogP contribution in [-0.4, -0.2) is 43.0 Å². The highest BCUT2D eigenvalue weighted by Crippen LogP contribution is 2.21. The van der Waals surface area contributed by atoms with Crippen LogP contribution in [0.15, 0.2) is 24.3 Å². The van der Waals surface area contributed by atoms with Crippen molar-refractivity contribution in [3.05, 3.63) is 29.8 Å². The van der Waals surface area contributed by atoms with Crippen molar-refractivity contribution in [1.82, 2.24) is 10.6 Å². The number of hydrogen-bond donors (Lipinski definition) is 2. The fraction of sp³-hybridized carbons (Fsp3) is 0.412. The number of imide groups is 1. The molecule has 2 N–H and O–H groups in total. The van der Waals surface area contributed by atoms with Gasteiger partial charge in [0.1, 0.15) is 0 Å². The molecule has 0 bridgehead atoms. The average molecular weight is 347 g/mol. The lowest BCUT2D eigenvalue weighted by Crippen LogP contribution is -2.44. The molecule has 8 heteroatoms. The Hall–Kier alpha value is -2.90. The normalized spacial score (nSPS) is 13.7. The van der Waals surface area contributed by atoms with E-state index in [1.807, 2.05) is 0 Å². The highest BCUT2D eigenvalue weighted by Gasteiger charge is 2.22. The van der Waals surface area contributed by atoms with Gasteiger partial charge in [-0.1, -0.05) is 0 Å². The summed E-state index contributed by atoms with van der Waals surface area (Å²) in [4.78, 5) is 48.2. The van der Waals surface area contributed by atoms with Crippen LogP contribution in [0.5, 0.6) is 0 Å². The molecule has 1 aromatic rings. The quantitative estimate of drug-likeness (QED) is 0.779. The van der Waals surface area contributed by atoms with E-state index in [0.29, 0.717) is 13.0 Å². The molecule has 1 aliphatic heterocycles. The third-order valence-corrected chi connectivity index (χ3v) is 3.50. The van der Waals surface area contributed by atoms with Crippen molar-refractivity contribution in [2.75, 3.05) is 18.1 Å². The second kappa shape index (κ2) is 8.27. The lowest BCUT2D eigenvalue weighted by Gasteiger charge is -2.15. The number of nitrogens with zero attached hydrogens (tertiary/aromatic N) is 1. The summed E-state index contributed by atoms with van der Waals surface area (Å²) in [5.74, 6) is -1.34. The Kier molecular flexibility index (Phi) is 6.10. The van der Waals surface area contributed by atoms with Crippen molar-refractivity contribution in [2.24, 2.45) is 0 Å². The number of carbonyl (C=O) groups is 4. The maximum Gasteiger partial charge on any atom is 0.338 e. The van der Waals surface area contributed by atoms with Crippen LogP contribution < -0.4 is 15.5 Å². The number of rotatable bonds is 5. The topological polar surface area (TPSA) is 105 Å². The van der Waals surface area contributed by atoms with E-state index in [1.54, 1.807) is 30.9 Å². The minimum Gasteiger partial charge on any atom is -0.452 e. The molecule has 25 heavy (non-hydrogen) atoms. The molecule has 2 rings (SSSR count). The second-order valence-electron chi connectivity index (χ2n) is 5.95. The van der Waals surface area contributed by atoms with E-state index in [-0.39, 0.29) is 17.5 Å². The van der Waals surface area contributed by atoms with Gasteiger partial charge in [0.05, 0.1) is 5.56 Å². The van der Waals surface area contributed by atoms with Crippen molar-refractivity contribution in [2.45, 2.75) is 32.7 Å². The number of urea groups is 1. The number of amides is 4. The third-order valence-electron chi connectivity index (χ3n) is 3.50. The summed E-state index contributed by atoms with van der Waals surface area (Å²) in [5, 5.41) is 4.54. The van der Waals surface area contributed by atoms with Gasteiger partial charge in [0.25, 0.3) is 5.91 Å². The first kappa shape index (κ1) is 18.4. The molecule has 0 aliphatic carbocycles. The van der Waals surface area contributed by atoms with Gasteiger partial charge in [0, 0.05) is 24.7 Å². The molecule has 1 aliphatic rings. The molecule has 1 fully saturated rings. The molecule has 0 saturated carbocycles. The first-order chi connectivity index (χ1) is 11.9. The molecule has 134 valence electrons. The van der Waals surface area contributed by atoms with Crippen molar-refractivity contribution >= 4 is 29.5 Å². The minimum absolute atomic E-state index is 0.0617. The van der Waals surface area contributed by atoms with Gasteiger partial charge >= 0.3 is 12.0 Å². The van der Waals surface area contributed by atoms with Crippen LogP contribution in [0, 0.1) is 0 Å². The summed E-state index contributed by atoms with van der Waals surface area (Å²) in [6.07, 6.45) is 1.35. The molecular weight excluding hydrogens is 326 g/mol. The van der Waals surface area contributed by atoms with Crippen LogP contribution in [0.3, 0.4) is 0 Å². The van der Waals surface area contributed by atoms with Crippen LogP contribution >= 0.6 is 0 Å². The summed E-state index contributed by atoms with van der Waals surface area (Å²) in [7, 11) is 0. The molecule has 4 amide bonds. The Balaban J connectivity index is 1.83. The molecule has 0 atom stereocenters. The van der Waals surface area contributed by atoms with Crippen molar-refractivity contribution in [3.8, 4) is 0 Å². The molecule has 0 aromatic heterocycles. The predicted molar refractivity (Wildman–Crippen MR) is 90.1 cm³/mol. The van der Waals surface area contributed by atoms with Gasteiger partial charge in [0.2, 0.25) is 5.91 Å². The molecule has 1 aromatic carbocycles. The average Bonchev–Trinajstić information content (AvgIpc) is 2.98. The zero-order chi connectivity index (χ0) is 18.4. The Bertz CT molecular complexity index is 669. The van der Waals surface area contributed by atoms with Gasteiger partial charge in [-0.2, -0.15) is 0 Å². The smallest absolute Gasteiger partial charge is 0.338 e. The molecule has 1 heterocycles. The summed E-state index contributed by atoms with van der Waals surface area (Å²) in [6.45, 7) is 3.62. The van der Waals surface area contributed by atoms with E-state index in [9.17, 15) is 19.2 Å². The summed E-state index contributed by atoms with van der Waals surface area (Å²) in [6, 6.07) is 5.64. The van der Waals surface area contributed by atoms with Crippen molar-refractivity contribution in [3.63, 3.8) is 0 Å². The van der Waals surface area contributed by atoms with E-state index in [2.05, 4.69) is 10.6 Å². The van der Waals surface area contributed by atoms with Gasteiger partial charge in [-0.05, 0) is 44.5 Å². The number of carbonyl (C=O) groups excluding carboxylic acids is 4. The van der Waals surface area contributed by atoms with Crippen LogP contribution in [0.4, 0.5) is 10.5 Å². The zero-order valence-electron chi connectivity index (χ0n) is 14.2. The van der Waals surface area contributed by atoms with E-state index in [1.165, 1.54) is 12.1 Å². The van der Waals surface area contributed by atoms with Gasteiger partial charge < -0.3 is 15.0 Å². The van der Waals surface area contributed by atoms with E-state index >= 15 is 0 Å². The molecular formula is C17H21N3O5. The standard InChI is InChI=1S/C17H21N3O5/c1-11(2)18-17(24)19-14(21)10-25-16(23)12-5-7-13(8-6-12)20-9-3-4-15(20)22/h5-8,11H,3-4,9-10H2,1-2H3,(H2,18,19,21,24). The lowest BCUT2D eigenvalue weighted by molar-refractivity contribution is -0.123. The Morgan fingerprint density at radius 3 is 2.44 bits per heavy atom. The molecule has 0 spiro atoms. The largest absolute Gasteiger partial charge is 0.452 e. The van der Waals surface area contributed by atoms with E-state index in [0.717, 1.165) is 12.1 Å². The Morgan fingerprint density at radius 2 is 1.88 bits per heavy atom. The monoisotopic (exact) mass is 347 g/mol. The lowest BCUT2D eigenvalue weighted by atomic mass is 10.2. The summed E-state index contributed by atoms with van der Waals surface area (Å²) < 4.78 is 4.87.